The molecule has 0 aromatic heterocycles. The van der Waals surface area contributed by atoms with E-state index in [1.165, 1.54) is 5.56 Å². The average molecular weight is 261 g/mol. The number of carbonyl (C=O) groups excluding carboxylic acids is 1. The van der Waals surface area contributed by atoms with Crippen LogP contribution in [0.2, 0.25) is 0 Å². The molecular formula is C15H23N3O. The van der Waals surface area contributed by atoms with Gasteiger partial charge in [-0.1, -0.05) is 30.3 Å². The Labute approximate surface area is 115 Å². The van der Waals surface area contributed by atoms with Crippen LogP contribution in [-0.2, 0) is 11.2 Å². The van der Waals surface area contributed by atoms with Crippen molar-refractivity contribution in [3.63, 3.8) is 0 Å². The summed E-state index contributed by atoms with van der Waals surface area (Å²) < 4.78 is 0. The Kier molecular flexibility index (Phi) is 4.93. The standard InChI is InChI=1S/C15H23N3O/c1-12(10-13-6-4-3-5-7-13)18-9-8-17-11-14(18)15(19)16-2/h3-7,12,14,17H,8-11H2,1-2H3,(H,16,19). The maximum atomic E-state index is 11.9. The Hall–Kier alpha value is -1.39. The maximum absolute atomic E-state index is 11.9. The van der Waals surface area contributed by atoms with Crippen LogP contribution in [0.5, 0.6) is 0 Å². The molecule has 0 aliphatic carbocycles. The van der Waals surface area contributed by atoms with Gasteiger partial charge in [0.05, 0.1) is 0 Å². The lowest BCUT2D eigenvalue weighted by molar-refractivity contribution is -0.127. The molecule has 1 fully saturated rings. The fraction of sp³-hybridized carbons (Fsp3) is 0.533. The van der Waals surface area contributed by atoms with Gasteiger partial charge in [0.1, 0.15) is 6.04 Å². The van der Waals surface area contributed by atoms with Crippen LogP contribution in [0.3, 0.4) is 0 Å². The van der Waals surface area contributed by atoms with E-state index in [-0.39, 0.29) is 11.9 Å². The lowest BCUT2D eigenvalue weighted by Crippen LogP contribution is -2.60. The summed E-state index contributed by atoms with van der Waals surface area (Å²) in [7, 11) is 1.71. The minimum absolute atomic E-state index is 0.0579. The number of piperazine rings is 1. The molecule has 0 radical (unpaired) electrons. The third-order valence-corrected chi connectivity index (χ3v) is 3.77. The summed E-state index contributed by atoms with van der Waals surface area (Å²) in [5.41, 5.74) is 1.32. The van der Waals surface area contributed by atoms with Crippen molar-refractivity contribution in [1.29, 1.82) is 0 Å². The SMILES string of the molecule is CNC(=O)C1CNCCN1C(C)Cc1ccccc1. The second-order valence-electron chi connectivity index (χ2n) is 5.11. The molecule has 2 N–H and O–H groups in total. The van der Waals surface area contributed by atoms with Crippen LogP contribution in [0.4, 0.5) is 0 Å². The second kappa shape index (κ2) is 6.68. The fourth-order valence-corrected chi connectivity index (χ4v) is 2.73. The number of carbonyl (C=O) groups is 1. The molecule has 0 saturated carbocycles. The van der Waals surface area contributed by atoms with E-state index in [1.54, 1.807) is 7.05 Å². The monoisotopic (exact) mass is 261 g/mol. The van der Waals surface area contributed by atoms with Crippen LogP contribution < -0.4 is 10.6 Å². The van der Waals surface area contributed by atoms with E-state index in [2.05, 4.69) is 46.7 Å². The molecule has 1 aliphatic heterocycles. The molecule has 2 atom stereocenters. The lowest BCUT2D eigenvalue weighted by Gasteiger charge is -2.39. The number of hydrogen-bond acceptors (Lipinski definition) is 3. The predicted molar refractivity (Wildman–Crippen MR) is 77.0 cm³/mol. The smallest absolute Gasteiger partial charge is 0.238 e. The Balaban J connectivity index is 2.03. The number of amides is 1. The van der Waals surface area contributed by atoms with Crippen LogP contribution >= 0.6 is 0 Å². The van der Waals surface area contributed by atoms with Crippen molar-refractivity contribution >= 4 is 5.91 Å². The molecule has 4 nitrogen and oxygen atoms in total. The van der Waals surface area contributed by atoms with E-state index < -0.39 is 0 Å². The molecule has 104 valence electrons. The van der Waals surface area contributed by atoms with Crippen LogP contribution in [0.1, 0.15) is 12.5 Å². The van der Waals surface area contributed by atoms with Gasteiger partial charge in [-0.2, -0.15) is 0 Å². The van der Waals surface area contributed by atoms with Gasteiger partial charge < -0.3 is 10.6 Å². The number of nitrogens with zero attached hydrogens (tertiary/aromatic N) is 1. The van der Waals surface area contributed by atoms with Crippen LogP contribution in [-0.4, -0.2) is 49.6 Å². The van der Waals surface area contributed by atoms with Gasteiger partial charge >= 0.3 is 0 Å². The number of nitrogens with one attached hydrogen (secondary N) is 2. The summed E-state index contributed by atoms with van der Waals surface area (Å²) in [5, 5.41) is 6.06. The number of hydrogen-bond donors (Lipinski definition) is 2. The molecule has 1 heterocycles. The van der Waals surface area contributed by atoms with Crippen LogP contribution in [0, 0.1) is 0 Å². The zero-order chi connectivity index (χ0) is 13.7. The van der Waals surface area contributed by atoms with E-state index >= 15 is 0 Å². The van der Waals surface area contributed by atoms with E-state index in [4.69, 9.17) is 0 Å². The lowest BCUT2D eigenvalue weighted by atomic mass is 10.0. The van der Waals surface area contributed by atoms with Gasteiger partial charge in [0.15, 0.2) is 0 Å². The zero-order valence-corrected chi connectivity index (χ0v) is 11.7. The highest BCUT2D eigenvalue weighted by atomic mass is 16.2. The van der Waals surface area contributed by atoms with E-state index in [0.717, 1.165) is 26.1 Å². The highest BCUT2D eigenvalue weighted by Gasteiger charge is 2.30. The quantitative estimate of drug-likeness (QED) is 0.836. The Morgan fingerprint density at radius 1 is 1.47 bits per heavy atom. The van der Waals surface area contributed by atoms with Crippen molar-refractivity contribution in [3.8, 4) is 0 Å². The minimum atomic E-state index is -0.0579. The van der Waals surface area contributed by atoms with Crippen molar-refractivity contribution in [2.45, 2.75) is 25.4 Å². The molecule has 1 aromatic carbocycles. The van der Waals surface area contributed by atoms with Crippen molar-refractivity contribution in [2.24, 2.45) is 0 Å². The summed E-state index contributed by atoms with van der Waals surface area (Å²) >= 11 is 0. The molecule has 1 amide bonds. The molecule has 2 rings (SSSR count). The van der Waals surface area contributed by atoms with Gasteiger partial charge in [0.25, 0.3) is 0 Å². The molecular weight excluding hydrogens is 238 g/mol. The maximum Gasteiger partial charge on any atom is 0.238 e. The predicted octanol–water partition coefficient (Wildman–Crippen LogP) is 0.637. The number of likely N-dealkylation sites (N-methyl/N-ethyl adjacent to an activating group) is 1. The molecule has 2 unspecified atom stereocenters. The van der Waals surface area contributed by atoms with Crippen molar-refractivity contribution in [1.82, 2.24) is 15.5 Å². The molecule has 1 aliphatic rings. The van der Waals surface area contributed by atoms with E-state index in [9.17, 15) is 4.79 Å². The van der Waals surface area contributed by atoms with Crippen molar-refractivity contribution in [3.05, 3.63) is 35.9 Å². The Bertz CT molecular complexity index is 407. The third kappa shape index (κ3) is 3.55. The molecule has 0 bridgehead atoms. The topological polar surface area (TPSA) is 44.4 Å². The summed E-state index contributed by atoms with van der Waals surface area (Å²) in [6.07, 6.45) is 0.980. The van der Waals surface area contributed by atoms with Gasteiger partial charge in [-0.3, -0.25) is 9.69 Å². The second-order valence-corrected chi connectivity index (χ2v) is 5.11. The molecule has 4 heteroatoms. The van der Waals surface area contributed by atoms with Crippen molar-refractivity contribution < 1.29 is 4.79 Å². The first-order chi connectivity index (χ1) is 9.22. The third-order valence-electron chi connectivity index (χ3n) is 3.77. The highest BCUT2D eigenvalue weighted by Crippen LogP contribution is 2.13. The number of benzene rings is 1. The largest absolute Gasteiger partial charge is 0.358 e. The summed E-state index contributed by atoms with van der Waals surface area (Å²) in [4.78, 5) is 14.2. The normalized spacial score (nSPS) is 21.9. The van der Waals surface area contributed by atoms with Gasteiger partial charge in [-0.25, -0.2) is 0 Å². The highest BCUT2D eigenvalue weighted by molar-refractivity contribution is 5.81. The number of rotatable bonds is 4. The molecule has 19 heavy (non-hydrogen) atoms. The molecule has 1 saturated heterocycles. The minimum Gasteiger partial charge on any atom is -0.358 e. The van der Waals surface area contributed by atoms with Gasteiger partial charge in [-0.15, -0.1) is 0 Å². The van der Waals surface area contributed by atoms with Crippen LogP contribution in [0.15, 0.2) is 30.3 Å². The van der Waals surface area contributed by atoms with E-state index in [0.29, 0.717) is 6.04 Å². The first kappa shape index (κ1) is 14.0. The van der Waals surface area contributed by atoms with Crippen LogP contribution in [0.25, 0.3) is 0 Å². The average Bonchev–Trinajstić information content (AvgIpc) is 2.47. The van der Waals surface area contributed by atoms with Crippen molar-refractivity contribution in [2.75, 3.05) is 26.7 Å². The van der Waals surface area contributed by atoms with Gasteiger partial charge in [0.2, 0.25) is 5.91 Å². The zero-order valence-electron chi connectivity index (χ0n) is 11.7. The fourth-order valence-electron chi connectivity index (χ4n) is 2.73. The summed E-state index contributed by atoms with van der Waals surface area (Å²) in [6, 6.07) is 10.8. The first-order valence-electron chi connectivity index (χ1n) is 6.94. The van der Waals surface area contributed by atoms with Gasteiger partial charge in [0, 0.05) is 32.7 Å². The summed E-state index contributed by atoms with van der Waals surface area (Å²) in [6.45, 7) is 4.81. The van der Waals surface area contributed by atoms with Gasteiger partial charge in [-0.05, 0) is 18.9 Å². The Morgan fingerprint density at radius 2 is 2.21 bits per heavy atom. The first-order valence-corrected chi connectivity index (χ1v) is 6.94. The Morgan fingerprint density at radius 3 is 2.89 bits per heavy atom. The van der Waals surface area contributed by atoms with E-state index in [1.807, 2.05) is 6.07 Å². The molecule has 1 aromatic rings. The molecule has 0 spiro atoms. The summed E-state index contributed by atoms with van der Waals surface area (Å²) in [5.74, 6) is 0.104.